The van der Waals surface area contributed by atoms with Gasteiger partial charge in [0.15, 0.2) is 5.82 Å². The summed E-state index contributed by atoms with van der Waals surface area (Å²) in [5.41, 5.74) is 3.24. The van der Waals surface area contributed by atoms with Crippen molar-refractivity contribution in [1.29, 1.82) is 0 Å². The Labute approximate surface area is 161 Å². The average Bonchev–Trinajstić information content (AvgIpc) is 3.28. The van der Waals surface area contributed by atoms with E-state index in [9.17, 15) is 4.79 Å². The van der Waals surface area contributed by atoms with Crippen molar-refractivity contribution >= 4 is 11.7 Å². The highest BCUT2D eigenvalue weighted by molar-refractivity contribution is 5.75. The summed E-state index contributed by atoms with van der Waals surface area (Å²) in [6.45, 7) is 7.29. The minimum Gasteiger partial charge on any atom is -0.367 e. The summed E-state index contributed by atoms with van der Waals surface area (Å²) in [7, 11) is 0. The highest BCUT2D eigenvalue weighted by Crippen LogP contribution is 2.28. The number of aryl methyl sites for hydroxylation is 1. The van der Waals surface area contributed by atoms with E-state index in [2.05, 4.69) is 32.9 Å². The van der Waals surface area contributed by atoms with E-state index >= 15 is 0 Å². The Hall–Kier alpha value is -2.44. The lowest BCUT2D eigenvalue weighted by Gasteiger charge is -2.10. The van der Waals surface area contributed by atoms with Gasteiger partial charge < -0.3 is 10.6 Å². The second-order valence-corrected chi connectivity index (χ2v) is 7.45. The Bertz CT molecular complexity index is 762. The maximum Gasteiger partial charge on any atom is 0.220 e. The second kappa shape index (κ2) is 8.97. The van der Waals surface area contributed by atoms with E-state index in [0.717, 1.165) is 23.7 Å². The molecule has 27 heavy (non-hydrogen) atoms. The molecule has 1 amide bonds. The second-order valence-electron chi connectivity index (χ2n) is 7.45. The van der Waals surface area contributed by atoms with Gasteiger partial charge in [0.25, 0.3) is 0 Å². The predicted octanol–water partition coefficient (Wildman–Crippen LogP) is 3.09. The monoisotopic (exact) mass is 370 g/mol. The summed E-state index contributed by atoms with van der Waals surface area (Å²) >= 11 is 0. The normalized spacial score (nSPS) is 14.5. The zero-order valence-corrected chi connectivity index (χ0v) is 16.6. The molecule has 0 saturated heterocycles. The van der Waals surface area contributed by atoms with Gasteiger partial charge in [0.2, 0.25) is 5.91 Å². The Morgan fingerprint density at radius 2 is 1.93 bits per heavy atom. The van der Waals surface area contributed by atoms with Crippen LogP contribution in [0, 0.1) is 26.7 Å². The fourth-order valence-electron chi connectivity index (χ4n) is 3.59. The van der Waals surface area contributed by atoms with Crippen molar-refractivity contribution in [3.63, 3.8) is 0 Å². The number of carbonyl (C=O) groups excluding carboxylic acids is 1. The molecule has 2 N–H and O–H groups in total. The van der Waals surface area contributed by atoms with Crippen LogP contribution in [0.2, 0.25) is 0 Å². The van der Waals surface area contributed by atoms with E-state index in [1.54, 1.807) is 0 Å². The van der Waals surface area contributed by atoms with Crippen LogP contribution in [0.5, 0.6) is 0 Å². The van der Waals surface area contributed by atoms with Crippen molar-refractivity contribution in [2.75, 3.05) is 18.4 Å². The number of nitrogens with zero attached hydrogens (tertiary/aromatic N) is 4. The first-order chi connectivity index (χ1) is 13.0. The van der Waals surface area contributed by atoms with E-state index < -0.39 is 0 Å². The van der Waals surface area contributed by atoms with Crippen molar-refractivity contribution in [2.45, 2.75) is 59.3 Å². The van der Waals surface area contributed by atoms with Crippen LogP contribution in [-0.2, 0) is 4.79 Å². The molecular formula is C20H30N6O. The average molecular weight is 371 g/mol. The summed E-state index contributed by atoms with van der Waals surface area (Å²) in [6.07, 6.45) is 6.91. The number of amides is 1. The summed E-state index contributed by atoms with van der Waals surface area (Å²) in [6, 6.07) is 3.78. The fourth-order valence-corrected chi connectivity index (χ4v) is 3.59. The number of anilines is 1. The summed E-state index contributed by atoms with van der Waals surface area (Å²) < 4.78 is 1.81. The standard InChI is InChI=1S/C20H30N6O/c1-14-15(2)25-26(16(14)3)19-10-9-18(23-24-19)21-12-13-22-20(27)11-8-17-6-4-5-7-17/h9-10,17H,4-8,11-13H2,1-3H3,(H,21,23)(H,22,27). The quantitative estimate of drug-likeness (QED) is 0.698. The highest BCUT2D eigenvalue weighted by Gasteiger charge is 2.16. The Kier molecular flexibility index (Phi) is 6.42. The third kappa shape index (κ3) is 5.05. The molecule has 3 rings (SSSR count). The summed E-state index contributed by atoms with van der Waals surface area (Å²) in [4.78, 5) is 11.9. The largest absolute Gasteiger partial charge is 0.367 e. The van der Waals surface area contributed by atoms with Crippen molar-refractivity contribution in [3.8, 4) is 5.82 Å². The molecule has 2 aromatic heterocycles. The van der Waals surface area contributed by atoms with Gasteiger partial charge in [-0.2, -0.15) is 5.10 Å². The molecule has 2 aromatic rings. The molecule has 7 nitrogen and oxygen atoms in total. The molecular weight excluding hydrogens is 340 g/mol. The van der Waals surface area contributed by atoms with Crippen LogP contribution in [0.15, 0.2) is 12.1 Å². The van der Waals surface area contributed by atoms with Crippen molar-refractivity contribution in [3.05, 3.63) is 29.1 Å². The van der Waals surface area contributed by atoms with Crippen LogP contribution in [0.1, 0.15) is 55.5 Å². The summed E-state index contributed by atoms with van der Waals surface area (Å²) in [5, 5.41) is 19.1. The minimum absolute atomic E-state index is 0.144. The van der Waals surface area contributed by atoms with Gasteiger partial charge >= 0.3 is 0 Å². The molecule has 7 heteroatoms. The van der Waals surface area contributed by atoms with Crippen LogP contribution < -0.4 is 10.6 Å². The molecule has 0 unspecified atom stereocenters. The molecule has 0 radical (unpaired) electrons. The first-order valence-electron chi connectivity index (χ1n) is 9.92. The zero-order chi connectivity index (χ0) is 19.2. The fraction of sp³-hybridized carbons (Fsp3) is 0.600. The van der Waals surface area contributed by atoms with E-state index in [4.69, 9.17) is 0 Å². The van der Waals surface area contributed by atoms with Crippen molar-refractivity contribution in [2.24, 2.45) is 5.92 Å². The number of nitrogens with one attached hydrogen (secondary N) is 2. The van der Waals surface area contributed by atoms with Crippen LogP contribution in [-0.4, -0.2) is 39.0 Å². The topological polar surface area (TPSA) is 84.7 Å². The third-order valence-corrected chi connectivity index (χ3v) is 5.53. The van der Waals surface area contributed by atoms with Crippen LogP contribution in [0.4, 0.5) is 5.82 Å². The molecule has 1 aliphatic carbocycles. The van der Waals surface area contributed by atoms with E-state index in [-0.39, 0.29) is 5.91 Å². The minimum atomic E-state index is 0.144. The van der Waals surface area contributed by atoms with Crippen LogP contribution >= 0.6 is 0 Å². The van der Waals surface area contributed by atoms with E-state index in [0.29, 0.717) is 31.1 Å². The SMILES string of the molecule is Cc1nn(-c2ccc(NCCNC(=O)CCC3CCCC3)nn2)c(C)c1C. The Morgan fingerprint density at radius 3 is 2.56 bits per heavy atom. The number of hydrogen-bond donors (Lipinski definition) is 2. The van der Waals surface area contributed by atoms with Gasteiger partial charge in [-0.15, -0.1) is 10.2 Å². The lowest BCUT2D eigenvalue weighted by Crippen LogP contribution is -2.29. The van der Waals surface area contributed by atoms with Gasteiger partial charge in [-0.3, -0.25) is 4.79 Å². The number of carbonyl (C=O) groups is 1. The van der Waals surface area contributed by atoms with Gasteiger partial charge in [-0.1, -0.05) is 25.7 Å². The van der Waals surface area contributed by atoms with Crippen LogP contribution in [0.3, 0.4) is 0 Å². The third-order valence-electron chi connectivity index (χ3n) is 5.53. The highest BCUT2D eigenvalue weighted by atomic mass is 16.1. The smallest absolute Gasteiger partial charge is 0.220 e. The van der Waals surface area contributed by atoms with Gasteiger partial charge in [-0.05, 0) is 50.8 Å². The van der Waals surface area contributed by atoms with Crippen LogP contribution in [0.25, 0.3) is 5.82 Å². The van der Waals surface area contributed by atoms with Crippen molar-refractivity contribution in [1.82, 2.24) is 25.3 Å². The molecule has 1 fully saturated rings. The molecule has 1 aliphatic rings. The van der Waals surface area contributed by atoms with Gasteiger partial charge in [0, 0.05) is 25.2 Å². The molecule has 0 aromatic carbocycles. The molecule has 0 atom stereocenters. The zero-order valence-electron chi connectivity index (χ0n) is 16.6. The molecule has 2 heterocycles. The maximum atomic E-state index is 11.9. The Balaban J connectivity index is 1.39. The molecule has 0 spiro atoms. The van der Waals surface area contributed by atoms with Gasteiger partial charge in [0.05, 0.1) is 5.69 Å². The van der Waals surface area contributed by atoms with E-state index in [1.165, 1.54) is 31.2 Å². The lowest BCUT2D eigenvalue weighted by molar-refractivity contribution is -0.121. The Morgan fingerprint density at radius 1 is 1.15 bits per heavy atom. The maximum absolute atomic E-state index is 11.9. The first kappa shape index (κ1) is 19.3. The summed E-state index contributed by atoms with van der Waals surface area (Å²) in [5.74, 6) is 2.30. The van der Waals surface area contributed by atoms with Crippen molar-refractivity contribution < 1.29 is 4.79 Å². The van der Waals surface area contributed by atoms with Gasteiger partial charge in [-0.25, -0.2) is 4.68 Å². The van der Waals surface area contributed by atoms with Gasteiger partial charge in [0.1, 0.15) is 5.82 Å². The molecule has 1 saturated carbocycles. The lowest BCUT2D eigenvalue weighted by atomic mass is 10.0. The number of hydrogen-bond acceptors (Lipinski definition) is 5. The van der Waals surface area contributed by atoms with E-state index in [1.807, 2.05) is 30.7 Å². The predicted molar refractivity (Wildman–Crippen MR) is 106 cm³/mol. The molecule has 0 aliphatic heterocycles. The first-order valence-corrected chi connectivity index (χ1v) is 9.92. The number of aromatic nitrogens is 4. The number of rotatable bonds is 8. The molecule has 0 bridgehead atoms. The molecule has 146 valence electrons.